The van der Waals surface area contributed by atoms with Gasteiger partial charge in [-0.1, -0.05) is 24.3 Å². The molecule has 0 aliphatic heterocycles. The maximum Gasteiger partial charge on any atom is 0.333 e. The van der Waals surface area contributed by atoms with Crippen LogP contribution in [0.1, 0.15) is 43.0 Å². The zero-order valence-electron chi connectivity index (χ0n) is 15.0. The van der Waals surface area contributed by atoms with E-state index in [1.807, 2.05) is 0 Å². The van der Waals surface area contributed by atoms with Crippen LogP contribution in [0.15, 0.2) is 24.3 Å². The molecule has 0 saturated heterocycles. The summed E-state index contributed by atoms with van der Waals surface area (Å²) in [6.07, 6.45) is 0. The predicted molar refractivity (Wildman–Crippen MR) is 102 cm³/mol. The third-order valence-corrected chi connectivity index (χ3v) is 4.50. The molecule has 30 heavy (non-hydrogen) atoms. The minimum Gasteiger partial charge on any atom is -0.350 e. The first kappa shape index (κ1) is 20.0. The summed E-state index contributed by atoms with van der Waals surface area (Å²) in [7, 11) is 0. The van der Waals surface area contributed by atoms with Crippen LogP contribution in [-0.4, -0.2) is 23.6 Å². The van der Waals surface area contributed by atoms with Crippen LogP contribution in [-0.2, 0) is 0 Å². The largest absolute Gasteiger partial charge is 0.350 e. The molecule has 0 atom stereocenters. The van der Waals surface area contributed by atoms with Crippen molar-refractivity contribution in [2.75, 3.05) is 10.0 Å². The summed E-state index contributed by atoms with van der Waals surface area (Å²) >= 11 is 0. The number of carbonyl (C=O) groups is 4. The molecule has 0 bridgehead atoms. The summed E-state index contributed by atoms with van der Waals surface area (Å²) in [4.78, 5) is 50.0. The van der Waals surface area contributed by atoms with Gasteiger partial charge >= 0.3 is 12.1 Å². The van der Waals surface area contributed by atoms with Gasteiger partial charge in [-0.3, -0.25) is 9.59 Å². The number of anilines is 2. The quantitative estimate of drug-likeness (QED) is 0.251. The summed E-state index contributed by atoms with van der Waals surface area (Å²) in [6.45, 7) is 0. The van der Waals surface area contributed by atoms with Crippen LogP contribution in [0.2, 0.25) is 0 Å². The lowest BCUT2D eigenvalue weighted by molar-refractivity contribution is 0.0980. The molecule has 0 fully saturated rings. The summed E-state index contributed by atoms with van der Waals surface area (Å²) in [5.41, 5.74) is 6.98. The molecule has 0 unspecified atom stereocenters. The van der Waals surface area contributed by atoms with E-state index in [4.69, 9.17) is 23.2 Å². The summed E-state index contributed by atoms with van der Waals surface area (Å²) in [6, 6.07) is 6.44. The third kappa shape index (κ3) is 2.61. The van der Waals surface area contributed by atoms with Gasteiger partial charge in [0.05, 0.1) is 33.6 Å². The Morgan fingerprint density at radius 3 is 1.37 bits per heavy atom. The normalized spacial score (nSPS) is 11.6. The van der Waals surface area contributed by atoms with E-state index in [1.54, 1.807) is 12.1 Å². The Balaban J connectivity index is 2.63. The van der Waals surface area contributed by atoms with Crippen molar-refractivity contribution in [3.63, 3.8) is 0 Å². The second-order valence-electron chi connectivity index (χ2n) is 6.04. The van der Waals surface area contributed by atoms with Crippen LogP contribution in [0.25, 0.3) is 0 Å². The Hall–Kier alpha value is -4.78. The molecule has 0 aromatic heterocycles. The van der Waals surface area contributed by atoms with Crippen molar-refractivity contribution in [3.8, 4) is 12.1 Å². The number of nitrogens with two attached hydrogens (primary N) is 4. The van der Waals surface area contributed by atoms with Gasteiger partial charge in [-0.15, -0.1) is 0 Å². The second-order valence-corrected chi connectivity index (χ2v) is 6.04. The molecule has 0 spiro atoms. The molecule has 3 rings (SSSR count). The summed E-state index contributed by atoms with van der Waals surface area (Å²) in [5, 5.41) is 19.8. The maximum absolute atomic E-state index is 13.3. The molecular weight excluding hydrogens is 392 g/mol. The van der Waals surface area contributed by atoms with Crippen molar-refractivity contribution in [3.05, 3.63) is 57.6 Å². The Kier molecular flexibility index (Phi) is 4.65. The highest BCUT2D eigenvalue weighted by Gasteiger charge is 2.41. The first-order valence-electron chi connectivity index (χ1n) is 8.08. The lowest BCUT2D eigenvalue weighted by Crippen LogP contribution is -2.46. The smallest absolute Gasteiger partial charge is 0.333 e. The summed E-state index contributed by atoms with van der Waals surface area (Å²) in [5.74, 6) is 9.75. The molecule has 12 nitrogen and oxygen atoms in total. The molecule has 2 aromatic rings. The molecule has 12 heteroatoms. The highest BCUT2D eigenvalue weighted by molar-refractivity contribution is 6.33. The van der Waals surface area contributed by atoms with Crippen LogP contribution in [0.3, 0.4) is 0 Å². The van der Waals surface area contributed by atoms with Crippen LogP contribution < -0.4 is 33.2 Å². The molecule has 1 aliphatic rings. The Morgan fingerprint density at radius 2 is 1.10 bits per heavy atom. The number of carbonyl (C=O) groups excluding carboxylic acids is 4. The van der Waals surface area contributed by atoms with Gasteiger partial charge in [0.15, 0.2) is 11.6 Å². The molecule has 0 radical (unpaired) electrons. The zero-order valence-corrected chi connectivity index (χ0v) is 15.0. The topological polar surface area (TPSA) is 226 Å². The molecule has 148 valence electrons. The van der Waals surface area contributed by atoms with Crippen LogP contribution in [0.4, 0.5) is 21.0 Å². The van der Waals surface area contributed by atoms with Gasteiger partial charge in [-0.25, -0.2) is 31.3 Å². The Bertz CT molecular complexity index is 1160. The number of rotatable bonds is 2. The van der Waals surface area contributed by atoms with Gasteiger partial charge in [-0.05, 0) is 0 Å². The van der Waals surface area contributed by atoms with Gasteiger partial charge in [-0.2, -0.15) is 10.5 Å². The van der Waals surface area contributed by atoms with Gasteiger partial charge in [0.25, 0.3) is 0 Å². The number of fused-ring (bicyclic) bond motifs is 2. The fourth-order valence-corrected chi connectivity index (χ4v) is 3.23. The third-order valence-electron chi connectivity index (χ3n) is 4.50. The highest BCUT2D eigenvalue weighted by atomic mass is 16.2. The van der Waals surface area contributed by atoms with Crippen molar-refractivity contribution >= 4 is 35.0 Å². The van der Waals surface area contributed by atoms with E-state index in [-0.39, 0.29) is 21.1 Å². The van der Waals surface area contributed by atoms with E-state index in [9.17, 15) is 29.7 Å². The Morgan fingerprint density at radius 1 is 0.767 bits per heavy atom. The molecule has 0 heterocycles. The standard InChI is InChI=1S/C18H12N8O4/c19-5-9-10(6-20)14(26(24)18(22)30)12-11(13(9)25(23)17(21)29)15(27)7-3-1-2-4-8(7)16(12)28/h1-4H,23-24H2,(H2,21,29)(H2,22,30). The minimum atomic E-state index is -1.27. The van der Waals surface area contributed by atoms with Gasteiger partial charge in [0.1, 0.15) is 12.1 Å². The zero-order chi connectivity index (χ0) is 22.3. The predicted octanol–water partition coefficient (Wildman–Crippen LogP) is -0.277. The van der Waals surface area contributed by atoms with E-state index in [1.165, 1.54) is 24.3 Å². The fraction of sp³-hybridized carbons (Fsp3) is 0. The number of amides is 4. The van der Waals surface area contributed by atoms with Crippen LogP contribution in [0, 0.1) is 22.7 Å². The van der Waals surface area contributed by atoms with Crippen LogP contribution >= 0.6 is 0 Å². The van der Waals surface area contributed by atoms with Crippen molar-refractivity contribution in [1.29, 1.82) is 10.5 Å². The fourth-order valence-electron chi connectivity index (χ4n) is 3.23. The van der Waals surface area contributed by atoms with Crippen molar-refractivity contribution < 1.29 is 19.2 Å². The average Bonchev–Trinajstić information content (AvgIpc) is 2.74. The van der Waals surface area contributed by atoms with Crippen molar-refractivity contribution in [1.82, 2.24) is 0 Å². The van der Waals surface area contributed by atoms with E-state index in [2.05, 4.69) is 0 Å². The number of primary amides is 2. The van der Waals surface area contributed by atoms with Gasteiger partial charge < -0.3 is 11.5 Å². The molecular formula is C18H12N8O4. The molecule has 0 saturated carbocycles. The number of hydrogen-bond donors (Lipinski definition) is 4. The SMILES string of the molecule is N#Cc1c(C#N)c(N(N)C(N)=O)c2c(c1N(N)C(N)=O)C(=O)c1ccccc1C2=O. The average molecular weight is 404 g/mol. The number of urea groups is 2. The summed E-state index contributed by atoms with van der Waals surface area (Å²) < 4.78 is 0. The van der Waals surface area contributed by atoms with Crippen molar-refractivity contribution in [2.24, 2.45) is 23.2 Å². The number of nitriles is 2. The van der Waals surface area contributed by atoms with Crippen LogP contribution in [0.5, 0.6) is 0 Å². The Labute approximate surface area is 168 Å². The van der Waals surface area contributed by atoms with E-state index < -0.39 is 57.3 Å². The number of nitrogens with zero attached hydrogens (tertiary/aromatic N) is 4. The second kappa shape index (κ2) is 6.99. The molecule has 4 amide bonds. The molecule has 2 aromatic carbocycles. The lowest BCUT2D eigenvalue weighted by Gasteiger charge is -2.29. The number of hydrazine groups is 2. The van der Waals surface area contributed by atoms with E-state index in [0.717, 1.165) is 0 Å². The molecule has 8 N–H and O–H groups in total. The van der Waals surface area contributed by atoms with Gasteiger partial charge in [0.2, 0.25) is 0 Å². The number of benzene rings is 2. The van der Waals surface area contributed by atoms with E-state index in [0.29, 0.717) is 0 Å². The van der Waals surface area contributed by atoms with Gasteiger partial charge in [0, 0.05) is 11.1 Å². The first-order chi connectivity index (χ1) is 14.2. The van der Waals surface area contributed by atoms with E-state index >= 15 is 0 Å². The lowest BCUT2D eigenvalue weighted by atomic mass is 9.79. The number of ketones is 2. The maximum atomic E-state index is 13.3. The minimum absolute atomic E-state index is 0.0451. The number of hydrogen-bond acceptors (Lipinski definition) is 8. The molecule has 1 aliphatic carbocycles. The monoisotopic (exact) mass is 404 g/mol. The highest BCUT2D eigenvalue weighted by Crippen LogP contribution is 2.43. The van der Waals surface area contributed by atoms with Crippen molar-refractivity contribution in [2.45, 2.75) is 0 Å². The first-order valence-corrected chi connectivity index (χ1v) is 8.08.